The van der Waals surface area contributed by atoms with Crippen LogP contribution in [0.25, 0.3) is 0 Å². The molecular weight excluding hydrogens is 396 g/mol. The standard InChI is InChI=1S/C20H19BrN2O3/c21-15-7-5-14(6-8-15)20(10-11-20)22-18(24)9-12-23-16-3-1-2-4-17(16)26-13-19(23)25/h1-8H,9-13H2,(H,22,24). The zero-order chi connectivity index (χ0) is 18.1. The van der Waals surface area contributed by atoms with Crippen LogP contribution in [-0.4, -0.2) is 25.0 Å². The number of nitrogens with one attached hydrogen (secondary N) is 1. The summed E-state index contributed by atoms with van der Waals surface area (Å²) in [6.45, 7) is 0.364. The molecule has 26 heavy (non-hydrogen) atoms. The third-order valence-electron chi connectivity index (χ3n) is 4.90. The van der Waals surface area contributed by atoms with Crippen molar-refractivity contribution in [1.82, 2.24) is 5.32 Å². The van der Waals surface area contributed by atoms with Crippen molar-refractivity contribution >= 4 is 33.4 Å². The fourth-order valence-corrected chi connectivity index (χ4v) is 3.59. The first-order valence-corrected chi connectivity index (χ1v) is 9.46. The van der Waals surface area contributed by atoms with Crippen LogP contribution >= 0.6 is 15.9 Å². The van der Waals surface area contributed by atoms with Crippen LogP contribution in [0.15, 0.2) is 53.0 Å². The Kier molecular flexibility index (Phi) is 4.44. The minimum atomic E-state index is -0.245. The molecule has 0 aromatic heterocycles. The van der Waals surface area contributed by atoms with Crippen LogP contribution in [0.3, 0.4) is 0 Å². The average Bonchev–Trinajstić information content (AvgIpc) is 3.42. The van der Waals surface area contributed by atoms with E-state index >= 15 is 0 Å². The topological polar surface area (TPSA) is 58.6 Å². The summed E-state index contributed by atoms with van der Waals surface area (Å²) in [5.74, 6) is 0.522. The van der Waals surface area contributed by atoms with Crippen LogP contribution in [-0.2, 0) is 15.1 Å². The molecule has 0 saturated heterocycles. The Morgan fingerprint density at radius 2 is 1.88 bits per heavy atom. The Morgan fingerprint density at radius 3 is 2.62 bits per heavy atom. The summed E-state index contributed by atoms with van der Waals surface area (Å²) in [5, 5.41) is 3.16. The molecule has 0 bridgehead atoms. The van der Waals surface area contributed by atoms with Crippen LogP contribution < -0.4 is 15.0 Å². The van der Waals surface area contributed by atoms with Gasteiger partial charge in [-0.25, -0.2) is 0 Å². The molecule has 0 unspecified atom stereocenters. The molecule has 1 N–H and O–H groups in total. The van der Waals surface area contributed by atoms with Gasteiger partial charge < -0.3 is 15.0 Å². The Bertz CT molecular complexity index is 846. The molecule has 0 spiro atoms. The second-order valence-corrected chi connectivity index (χ2v) is 7.60. The molecule has 4 rings (SSSR count). The van der Waals surface area contributed by atoms with E-state index < -0.39 is 0 Å². The molecule has 1 aliphatic carbocycles. The number of carbonyl (C=O) groups excluding carboxylic acids is 2. The number of rotatable bonds is 5. The van der Waals surface area contributed by atoms with Gasteiger partial charge in [-0.05, 0) is 42.7 Å². The summed E-state index contributed by atoms with van der Waals surface area (Å²) in [5.41, 5.74) is 1.61. The van der Waals surface area contributed by atoms with E-state index in [-0.39, 0.29) is 30.4 Å². The van der Waals surface area contributed by atoms with Gasteiger partial charge in [-0.1, -0.05) is 40.2 Å². The SMILES string of the molecule is O=C(CCN1C(=O)COc2ccccc21)NC1(c2ccc(Br)cc2)CC1. The summed E-state index contributed by atoms with van der Waals surface area (Å²) in [6, 6.07) is 15.5. The molecule has 2 aromatic rings. The van der Waals surface area contributed by atoms with Gasteiger partial charge in [0.25, 0.3) is 5.91 Å². The summed E-state index contributed by atoms with van der Waals surface area (Å²) in [6.07, 6.45) is 2.15. The van der Waals surface area contributed by atoms with Gasteiger partial charge in [0.2, 0.25) is 5.91 Å². The molecule has 6 heteroatoms. The maximum absolute atomic E-state index is 12.5. The fourth-order valence-electron chi connectivity index (χ4n) is 3.32. The Hall–Kier alpha value is -2.34. The van der Waals surface area contributed by atoms with E-state index in [1.54, 1.807) is 4.90 Å². The normalized spacial score (nSPS) is 17.3. The number of para-hydroxylation sites is 2. The zero-order valence-electron chi connectivity index (χ0n) is 14.2. The second-order valence-electron chi connectivity index (χ2n) is 6.69. The molecule has 1 saturated carbocycles. The summed E-state index contributed by atoms with van der Waals surface area (Å²) >= 11 is 3.44. The molecule has 1 aliphatic heterocycles. The summed E-state index contributed by atoms with van der Waals surface area (Å²) in [4.78, 5) is 26.3. The van der Waals surface area contributed by atoms with Crippen molar-refractivity contribution in [3.05, 3.63) is 58.6 Å². The van der Waals surface area contributed by atoms with Gasteiger partial charge in [0.1, 0.15) is 5.75 Å². The third-order valence-corrected chi connectivity index (χ3v) is 5.42. The highest BCUT2D eigenvalue weighted by Gasteiger charge is 2.45. The Morgan fingerprint density at radius 1 is 1.15 bits per heavy atom. The minimum Gasteiger partial charge on any atom is -0.482 e. The highest BCUT2D eigenvalue weighted by Crippen LogP contribution is 2.45. The molecule has 0 radical (unpaired) electrons. The van der Waals surface area contributed by atoms with E-state index in [0.29, 0.717) is 12.3 Å². The van der Waals surface area contributed by atoms with Crippen molar-refractivity contribution in [3.8, 4) is 5.75 Å². The van der Waals surface area contributed by atoms with Gasteiger partial charge in [0.15, 0.2) is 6.61 Å². The first kappa shape index (κ1) is 17.1. The highest BCUT2D eigenvalue weighted by molar-refractivity contribution is 9.10. The quantitative estimate of drug-likeness (QED) is 0.815. The smallest absolute Gasteiger partial charge is 0.265 e. The lowest BCUT2D eigenvalue weighted by Crippen LogP contribution is -2.42. The summed E-state index contributed by atoms with van der Waals surface area (Å²) < 4.78 is 6.46. The van der Waals surface area contributed by atoms with E-state index in [1.165, 1.54) is 0 Å². The predicted molar refractivity (Wildman–Crippen MR) is 102 cm³/mol. The molecule has 2 aromatic carbocycles. The molecule has 134 valence electrons. The highest BCUT2D eigenvalue weighted by atomic mass is 79.9. The zero-order valence-corrected chi connectivity index (χ0v) is 15.8. The molecule has 1 heterocycles. The van der Waals surface area contributed by atoms with Crippen molar-refractivity contribution < 1.29 is 14.3 Å². The Labute approximate surface area is 160 Å². The van der Waals surface area contributed by atoms with Crippen LogP contribution in [0, 0.1) is 0 Å². The van der Waals surface area contributed by atoms with E-state index in [4.69, 9.17) is 4.74 Å². The maximum Gasteiger partial charge on any atom is 0.265 e. The van der Waals surface area contributed by atoms with E-state index in [1.807, 2.05) is 48.5 Å². The Balaban J connectivity index is 1.40. The average molecular weight is 415 g/mol. The number of anilines is 1. The van der Waals surface area contributed by atoms with Crippen LogP contribution in [0.4, 0.5) is 5.69 Å². The van der Waals surface area contributed by atoms with E-state index in [9.17, 15) is 9.59 Å². The van der Waals surface area contributed by atoms with E-state index in [2.05, 4.69) is 21.2 Å². The number of hydrogen-bond donors (Lipinski definition) is 1. The summed E-state index contributed by atoms with van der Waals surface area (Å²) in [7, 11) is 0. The van der Waals surface area contributed by atoms with E-state index in [0.717, 1.165) is 28.6 Å². The molecule has 2 amide bonds. The predicted octanol–water partition coefficient (Wildman–Crippen LogP) is 3.37. The number of hydrogen-bond acceptors (Lipinski definition) is 3. The first-order chi connectivity index (χ1) is 12.6. The van der Waals surface area contributed by atoms with Gasteiger partial charge in [0, 0.05) is 17.4 Å². The van der Waals surface area contributed by atoms with Crippen molar-refractivity contribution in [1.29, 1.82) is 0 Å². The third kappa shape index (κ3) is 3.33. The van der Waals surface area contributed by atoms with Crippen LogP contribution in [0.5, 0.6) is 5.75 Å². The molecule has 5 nitrogen and oxygen atoms in total. The number of fused-ring (bicyclic) bond motifs is 1. The number of amides is 2. The molecular formula is C20H19BrN2O3. The van der Waals surface area contributed by atoms with Gasteiger partial charge in [-0.15, -0.1) is 0 Å². The first-order valence-electron chi connectivity index (χ1n) is 8.67. The van der Waals surface area contributed by atoms with Crippen LogP contribution in [0.2, 0.25) is 0 Å². The van der Waals surface area contributed by atoms with Crippen molar-refractivity contribution in [3.63, 3.8) is 0 Å². The van der Waals surface area contributed by atoms with Gasteiger partial charge in [-0.2, -0.15) is 0 Å². The number of carbonyl (C=O) groups is 2. The minimum absolute atomic E-state index is 0.0153. The maximum atomic E-state index is 12.5. The lowest BCUT2D eigenvalue weighted by atomic mass is 10.0. The molecule has 1 fully saturated rings. The number of nitrogens with zero attached hydrogens (tertiary/aromatic N) is 1. The van der Waals surface area contributed by atoms with Gasteiger partial charge in [0.05, 0.1) is 11.2 Å². The number of ether oxygens (including phenoxy) is 1. The van der Waals surface area contributed by atoms with Crippen molar-refractivity contribution in [2.45, 2.75) is 24.8 Å². The molecule has 2 aliphatic rings. The lowest BCUT2D eigenvalue weighted by Gasteiger charge is -2.29. The van der Waals surface area contributed by atoms with Crippen LogP contribution in [0.1, 0.15) is 24.8 Å². The van der Waals surface area contributed by atoms with Crippen molar-refractivity contribution in [2.75, 3.05) is 18.1 Å². The largest absolute Gasteiger partial charge is 0.482 e. The molecule has 0 atom stereocenters. The second kappa shape index (κ2) is 6.76. The number of halogens is 1. The fraction of sp³-hybridized carbons (Fsp3) is 0.300. The lowest BCUT2D eigenvalue weighted by molar-refractivity contribution is -0.122. The monoisotopic (exact) mass is 414 g/mol. The van der Waals surface area contributed by atoms with Gasteiger partial charge in [-0.3, -0.25) is 9.59 Å². The van der Waals surface area contributed by atoms with Crippen molar-refractivity contribution in [2.24, 2.45) is 0 Å². The number of benzene rings is 2. The van der Waals surface area contributed by atoms with Gasteiger partial charge >= 0.3 is 0 Å².